The Morgan fingerprint density at radius 1 is 1.46 bits per heavy atom. The number of carbonyl (C=O) groups excluding carboxylic acids is 1. The molecule has 1 saturated heterocycles. The van der Waals surface area contributed by atoms with Crippen LogP contribution in [-0.2, 0) is 0 Å². The lowest BCUT2D eigenvalue weighted by molar-refractivity contribution is 0.202. The van der Waals surface area contributed by atoms with E-state index < -0.39 is 0 Å². The molecule has 0 aliphatic carbocycles. The third-order valence-corrected chi connectivity index (χ3v) is 2.51. The van der Waals surface area contributed by atoms with E-state index in [0.29, 0.717) is 0 Å². The molecule has 2 amide bonds. The Hall–Kier alpha value is -0.770. The maximum Gasteiger partial charge on any atom is 0.316 e. The van der Waals surface area contributed by atoms with Gasteiger partial charge in [0.2, 0.25) is 0 Å². The molecule has 13 heavy (non-hydrogen) atoms. The molecule has 1 fully saturated rings. The first-order chi connectivity index (χ1) is 6.24. The van der Waals surface area contributed by atoms with Crippen molar-refractivity contribution >= 4 is 6.03 Å². The van der Waals surface area contributed by atoms with Gasteiger partial charge in [-0.3, -0.25) is 0 Å². The van der Waals surface area contributed by atoms with Gasteiger partial charge in [-0.05, 0) is 25.9 Å². The quantitative estimate of drug-likeness (QED) is 0.689. The minimum absolute atomic E-state index is 0.000744. The van der Waals surface area contributed by atoms with E-state index in [9.17, 15) is 4.79 Å². The van der Waals surface area contributed by atoms with Gasteiger partial charge in [-0.1, -0.05) is 0 Å². The van der Waals surface area contributed by atoms with Crippen molar-refractivity contribution in [3.63, 3.8) is 0 Å². The van der Waals surface area contributed by atoms with Gasteiger partial charge in [0.25, 0.3) is 0 Å². The number of amides is 2. The predicted molar refractivity (Wildman–Crippen MR) is 52.8 cm³/mol. The van der Waals surface area contributed by atoms with Gasteiger partial charge in [0.15, 0.2) is 0 Å². The Morgan fingerprint density at radius 2 is 2.08 bits per heavy atom. The summed E-state index contributed by atoms with van der Waals surface area (Å²) in [6, 6.07) is -0.000744. The molecule has 0 aromatic rings. The highest BCUT2D eigenvalue weighted by molar-refractivity contribution is 5.73. The van der Waals surface area contributed by atoms with Crippen LogP contribution < -0.4 is 5.32 Å². The number of nitrogens with one attached hydrogen (secondary N) is 1. The molecule has 76 valence electrons. The van der Waals surface area contributed by atoms with E-state index in [1.54, 1.807) is 11.9 Å². The van der Waals surface area contributed by atoms with E-state index in [1.807, 2.05) is 7.05 Å². The average molecular weight is 185 g/mol. The van der Waals surface area contributed by atoms with Crippen molar-refractivity contribution in [2.24, 2.45) is 0 Å². The standard InChI is InChI=1S/C9H19N3O/c1-10-9(13)11(2)7-8-12-5-3-4-6-12/h3-8H2,1-2H3,(H,10,13). The van der Waals surface area contributed by atoms with Crippen LogP contribution in [0.25, 0.3) is 0 Å². The van der Waals surface area contributed by atoms with Gasteiger partial charge in [-0.15, -0.1) is 0 Å². The second kappa shape index (κ2) is 5.07. The van der Waals surface area contributed by atoms with Crippen molar-refractivity contribution in [3.8, 4) is 0 Å². The number of rotatable bonds is 3. The first kappa shape index (κ1) is 10.3. The molecule has 0 spiro atoms. The van der Waals surface area contributed by atoms with Crippen LogP contribution in [0.3, 0.4) is 0 Å². The fourth-order valence-corrected chi connectivity index (χ4v) is 1.59. The van der Waals surface area contributed by atoms with Crippen molar-refractivity contribution < 1.29 is 4.79 Å². The fourth-order valence-electron chi connectivity index (χ4n) is 1.59. The SMILES string of the molecule is CNC(=O)N(C)CCN1CCCC1. The molecule has 0 aromatic heterocycles. The number of hydrogen-bond donors (Lipinski definition) is 1. The molecule has 0 atom stereocenters. The molecule has 1 rings (SSSR count). The molecule has 0 aromatic carbocycles. The summed E-state index contributed by atoms with van der Waals surface area (Å²) < 4.78 is 0. The van der Waals surface area contributed by atoms with Gasteiger partial charge < -0.3 is 15.1 Å². The van der Waals surface area contributed by atoms with Gasteiger partial charge in [-0.25, -0.2) is 4.79 Å². The molecule has 1 N–H and O–H groups in total. The number of likely N-dealkylation sites (N-methyl/N-ethyl adjacent to an activating group) is 1. The zero-order chi connectivity index (χ0) is 9.68. The minimum atomic E-state index is -0.000744. The lowest BCUT2D eigenvalue weighted by Crippen LogP contribution is -2.39. The Bertz CT molecular complexity index is 166. The minimum Gasteiger partial charge on any atom is -0.341 e. The monoisotopic (exact) mass is 185 g/mol. The van der Waals surface area contributed by atoms with Crippen LogP contribution in [0.5, 0.6) is 0 Å². The van der Waals surface area contributed by atoms with E-state index in [-0.39, 0.29) is 6.03 Å². The van der Waals surface area contributed by atoms with Crippen molar-refractivity contribution in [1.29, 1.82) is 0 Å². The summed E-state index contributed by atoms with van der Waals surface area (Å²) in [6.45, 7) is 4.22. The molecule has 0 bridgehead atoms. The topological polar surface area (TPSA) is 35.6 Å². The van der Waals surface area contributed by atoms with Gasteiger partial charge in [0.05, 0.1) is 0 Å². The first-order valence-corrected chi connectivity index (χ1v) is 4.89. The first-order valence-electron chi connectivity index (χ1n) is 4.89. The van der Waals surface area contributed by atoms with E-state index in [1.165, 1.54) is 25.9 Å². The van der Waals surface area contributed by atoms with Crippen LogP contribution in [-0.4, -0.2) is 56.1 Å². The van der Waals surface area contributed by atoms with Gasteiger partial charge in [0, 0.05) is 27.2 Å². The fraction of sp³-hybridized carbons (Fsp3) is 0.889. The smallest absolute Gasteiger partial charge is 0.316 e. The molecular formula is C9H19N3O. The molecule has 4 heteroatoms. The predicted octanol–water partition coefficient (Wildman–Crippen LogP) is 0.353. The lowest BCUT2D eigenvalue weighted by atomic mass is 10.4. The summed E-state index contributed by atoms with van der Waals surface area (Å²) in [6.07, 6.45) is 2.62. The van der Waals surface area contributed by atoms with Gasteiger partial charge in [-0.2, -0.15) is 0 Å². The summed E-state index contributed by atoms with van der Waals surface area (Å²) in [5.74, 6) is 0. The zero-order valence-corrected chi connectivity index (χ0v) is 8.55. The summed E-state index contributed by atoms with van der Waals surface area (Å²) in [7, 11) is 3.49. The summed E-state index contributed by atoms with van der Waals surface area (Å²) in [5.41, 5.74) is 0. The highest BCUT2D eigenvalue weighted by Crippen LogP contribution is 2.06. The molecule has 1 aliphatic heterocycles. The van der Waals surface area contributed by atoms with Crippen LogP contribution in [0.2, 0.25) is 0 Å². The second-order valence-corrected chi connectivity index (χ2v) is 3.53. The number of urea groups is 1. The Kier molecular flexibility index (Phi) is 4.02. The Labute approximate surface area is 79.9 Å². The number of carbonyl (C=O) groups is 1. The van der Waals surface area contributed by atoms with Gasteiger partial charge in [0.1, 0.15) is 0 Å². The Morgan fingerprint density at radius 3 is 2.62 bits per heavy atom. The average Bonchev–Trinajstić information content (AvgIpc) is 2.65. The Balaban J connectivity index is 2.13. The van der Waals surface area contributed by atoms with Crippen molar-refractivity contribution in [2.45, 2.75) is 12.8 Å². The number of nitrogens with zero attached hydrogens (tertiary/aromatic N) is 2. The van der Waals surface area contributed by atoms with E-state index >= 15 is 0 Å². The van der Waals surface area contributed by atoms with Crippen molar-refractivity contribution in [3.05, 3.63) is 0 Å². The van der Waals surface area contributed by atoms with Crippen LogP contribution in [0.4, 0.5) is 4.79 Å². The van der Waals surface area contributed by atoms with Crippen molar-refractivity contribution in [2.75, 3.05) is 40.3 Å². The largest absolute Gasteiger partial charge is 0.341 e. The van der Waals surface area contributed by atoms with Crippen LogP contribution in [0.1, 0.15) is 12.8 Å². The lowest BCUT2D eigenvalue weighted by Gasteiger charge is -2.20. The molecule has 0 saturated carbocycles. The molecule has 0 unspecified atom stereocenters. The number of hydrogen-bond acceptors (Lipinski definition) is 2. The van der Waals surface area contributed by atoms with Crippen LogP contribution in [0, 0.1) is 0 Å². The van der Waals surface area contributed by atoms with E-state index in [4.69, 9.17) is 0 Å². The summed E-state index contributed by atoms with van der Waals surface area (Å²) in [4.78, 5) is 15.2. The highest BCUT2D eigenvalue weighted by atomic mass is 16.2. The molecular weight excluding hydrogens is 166 g/mol. The van der Waals surface area contributed by atoms with E-state index in [0.717, 1.165) is 13.1 Å². The van der Waals surface area contributed by atoms with Crippen molar-refractivity contribution in [1.82, 2.24) is 15.1 Å². The second-order valence-electron chi connectivity index (χ2n) is 3.53. The van der Waals surface area contributed by atoms with E-state index in [2.05, 4.69) is 10.2 Å². The third-order valence-electron chi connectivity index (χ3n) is 2.51. The van der Waals surface area contributed by atoms with Gasteiger partial charge >= 0.3 is 6.03 Å². The molecule has 0 radical (unpaired) electrons. The number of likely N-dealkylation sites (tertiary alicyclic amines) is 1. The molecule has 4 nitrogen and oxygen atoms in total. The highest BCUT2D eigenvalue weighted by Gasteiger charge is 2.12. The maximum absolute atomic E-state index is 11.1. The van der Waals surface area contributed by atoms with Crippen LogP contribution >= 0.6 is 0 Å². The van der Waals surface area contributed by atoms with Crippen LogP contribution in [0.15, 0.2) is 0 Å². The maximum atomic E-state index is 11.1. The normalized spacial score (nSPS) is 17.4. The zero-order valence-electron chi connectivity index (χ0n) is 8.55. The summed E-state index contributed by atoms with van der Waals surface area (Å²) in [5, 5.41) is 2.61. The molecule has 1 aliphatic rings. The molecule has 1 heterocycles. The third kappa shape index (κ3) is 3.22. The summed E-state index contributed by atoms with van der Waals surface area (Å²) >= 11 is 0.